The number of rotatable bonds is 8. The fourth-order valence-corrected chi connectivity index (χ4v) is 5.06. The zero-order valence-corrected chi connectivity index (χ0v) is 21.6. The molecule has 2 N–H and O–H groups in total. The van der Waals surface area contributed by atoms with E-state index in [1.54, 1.807) is 73.1 Å². The quantitative estimate of drug-likeness (QED) is 0.307. The number of ether oxygens (including phenoxy) is 1. The number of cyclic esters (lactones) is 1. The van der Waals surface area contributed by atoms with Crippen molar-refractivity contribution >= 4 is 46.5 Å². The Balaban J connectivity index is 1.41. The molecule has 2 aromatic carbocycles. The summed E-state index contributed by atoms with van der Waals surface area (Å²) in [6, 6.07) is 20.3. The van der Waals surface area contributed by atoms with Gasteiger partial charge in [0.1, 0.15) is 0 Å². The van der Waals surface area contributed by atoms with Gasteiger partial charge in [-0.15, -0.1) is 11.3 Å². The van der Waals surface area contributed by atoms with Gasteiger partial charge in [-0.1, -0.05) is 48.0 Å². The molecule has 0 spiro atoms. The van der Waals surface area contributed by atoms with E-state index < -0.39 is 18.2 Å². The van der Waals surface area contributed by atoms with Crippen LogP contribution in [0.2, 0.25) is 5.02 Å². The molecule has 10 heteroatoms. The minimum absolute atomic E-state index is 0.135. The van der Waals surface area contributed by atoms with Crippen molar-refractivity contribution in [2.45, 2.75) is 25.2 Å². The van der Waals surface area contributed by atoms with E-state index in [4.69, 9.17) is 16.3 Å². The van der Waals surface area contributed by atoms with Crippen LogP contribution < -0.4 is 10.6 Å². The van der Waals surface area contributed by atoms with Crippen molar-refractivity contribution < 1.29 is 19.1 Å². The molecule has 2 atom stereocenters. The van der Waals surface area contributed by atoms with E-state index in [1.807, 2.05) is 17.5 Å². The monoisotopic (exact) mass is 546 g/mol. The Bertz CT molecular complexity index is 1450. The SMILES string of the molecule is O=C(Nc1cccc(C2OC(=O)N(Cc3cccc(Cl)c3)C2C(=O)NCc2cccnc2)c1)c1cccs1. The van der Waals surface area contributed by atoms with E-state index in [-0.39, 0.29) is 24.9 Å². The fraction of sp³-hybridized carbons (Fsp3) is 0.143. The standard InChI is InChI=1S/C28H23ClN4O4S/c29-21-8-1-5-18(13-21)17-33-24(27(35)31-16-19-6-3-11-30-15-19)25(37-28(33)36)20-7-2-9-22(14-20)32-26(34)23-10-4-12-38-23/h1-15,24-25H,16-17H2,(H,31,35)(H,32,34). The molecule has 4 aromatic rings. The van der Waals surface area contributed by atoms with Crippen LogP contribution in [-0.2, 0) is 22.6 Å². The van der Waals surface area contributed by atoms with E-state index in [2.05, 4.69) is 15.6 Å². The van der Waals surface area contributed by atoms with Crippen LogP contribution in [0.4, 0.5) is 10.5 Å². The number of carbonyl (C=O) groups excluding carboxylic acids is 3. The van der Waals surface area contributed by atoms with Crippen molar-refractivity contribution in [3.05, 3.63) is 117 Å². The lowest BCUT2D eigenvalue weighted by Gasteiger charge is -2.24. The summed E-state index contributed by atoms with van der Waals surface area (Å²) >= 11 is 7.49. The van der Waals surface area contributed by atoms with Crippen LogP contribution in [-0.4, -0.2) is 33.8 Å². The number of pyridine rings is 1. The van der Waals surface area contributed by atoms with Crippen molar-refractivity contribution in [1.29, 1.82) is 0 Å². The Kier molecular flexibility index (Phi) is 7.67. The van der Waals surface area contributed by atoms with Crippen molar-refractivity contribution in [3.8, 4) is 0 Å². The second-order valence-corrected chi connectivity index (χ2v) is 10.0. The fourth-order valence-electron chi connectivity index (χ4n) is 4.23. The molecular weight excluding hydrogens is 524 g/mol. The van der Waals surface area contributed by atoms with Gasteiger partial charge < -0.3 is 15.4 Å². The Hall–Kier alpha value is -4.21. The summed E-state index contributed by atoms with van der Waals surface area (Å²) in [5, 5.41) is 8.12. The van der Waals surface area contributed by atoms with E-state index in [0.29, 0.717) is 21.2 Å². The lowest BCUT2D eigenvalue weighted by molar-refractivity contribution is -0.126. The first kappa shape index (κ1) is 25.4. The highest BCUT2D eigenvalue weighted by Crippen LogP contribution is 2.35. The third kappa shape index (κ3) is 5.85. The highest BCUT2D eigenvalue weighted by atomic mass is 35.5. The number of amides is 3. The summed E-state index contributed by atoms with van der Waals surface area (Å²) in [5.74, 6) is -0.617. The molecule has 1 fully saturated rings. The molecule has 8 nitrogen and oxygen atoms in total. The summed E-state index contributed by atoms with van der Waals surface area (Å²) in [6.07, 6.45) is 1.80. The van der Waals surface area contributed by atoms with E-state index in [9.17, 15) is 14.4 Å². The van der Waals surface area contributed by atoms with Crippen molar-refractivity contribution in [1.82, 2.24) is 15.2 Å². The van der Waals surface area contributed by atoms with Gasteiger partial charge in [-0.3, -0.25) is 19.5 Å². The number of hydrogen-bond donors (Lipinski definition) is 2. The second kappa shape index (κ2) is 11.5. The van der Waals surface area contributed by atoms with Gasteiger partial charge in [-0.2, -0.15) is 0 Å². The number of aromatic nitrogens is 1. The first-order valence-electron chi connectivity index (χ1n) is 11.8. The molecule has 38 heavy (non-hydrogen) atoms. The van der Waals surface area contributed by atoms with Gasteiger partial charge in [0.15, 0.2) is 12.1 Å². The molecule has 0 bridgehead atoms. The Labute approximate surface area is 228 Å². The number of benzene rings is 2. The Morgan fingerprint density at radius 1 is 1.03 bits per heavy atom. The van der Waals surface area contributed by atoms with E-state index in [0.717, 1.165) is 11.1 Å². The molecule has 3 amide bonds. The molecular formula is C28H23ClN4O4S. The van der Waals surface area contributed by atoms with Crippen LogP contribution in [0.15, 0.2) is 90.6 Å². The van der Waals surface area contributed by atoms with E-state index >= 15 is 0 Å². The lowest BCUT2D eigenvalue weighted by atomic mass is 10.00. The maximum atomic E-state index is 13.5. The Morgan fingerprint density at radius 3 is 2.63 bits per heavy atom. The largest absolute Gasteiger partial charge is 0.438 e. The molecule has 0 radical (unpaired) electrons. The van der Waals surface area contributed by atoms with Gasteiger partial charge in [0, 0.05) is 29.6 Å². The third-order valence-corrected chi connectivity index (χ3v) is 7.11. The molecule has 192 valence electrons. The first-order chi connectivity index (χ1) is 18.5. The van der Waals surface area contributed by atoms with Crippen LogP contribution >= 0.6 is 22.9 Å². The third-order valence-electron chi connectivity index (χ3n) is 6.00. The minimum Gasteiger partial charge on any atom is -0.438 e. The molecule has 0 aliphatic carbocycles. The molecule has 1 aliphatic rings. The van der Waals surface area contributed by atoms with Crippen LogP contribution in [0.5, 0.6) is 0 Å². The average molecular weight is 547 g/mol. The van der Waals surface area contributed by atoms with Crippen LogP contribution in [0.3, 0.4) is 0 Å². The molecule has 1 aliphatic heterocycles. The van der Waals surface area contributed by atoms with Gasteiger partial charge >= 0.3 is 6.09 Å². The van der Waals surface area contributed by atoms with Gasteiger partial charge in [0.2, 0.25) is 5.91 Å². The number of thiophene rings is 1. The summed E-state index contributed by atoms with van der Waals surface area (Å²) in [7, 11) is 0. The van der Waals surface area contributed by atoms with Crippen LogP contribution in [0.25, 0.3) is 0 Å². The predicted octanol–water partition coefficient (Wildman–Crippen LogP) is 5.43. The van der Waals surface area contributed by atoms with Gasteiger partial charge in [-0.25, -0.2) is 4.79 Å². The highest BCUT2D eigenvalue weighted by Gasteiger charge is 2.47. The maximum absolute atomic E-state index is 13.5. The zero-order valence-electron chi connectivity index (χ0n) is 20.0. The van der Waals surface area contributed by atoms with Crippen LogP contribution in [0, 0.1) is 0 Å². The minimum atomic E-state index is -0.957. The summed E-state index contributed by atoms with van der Waals surface area (Å²) in [6.45, 7) is 0.377. The number of hydrogen-bond acceptors (Lipinski definition) is 6. The summed E-state index contributed by atoms with van der Waals surface area (Å²) in [5.41, 5.74) is 2.69. The number of halogens is 1. The summed E-state index contributed by atoms with van der Waals surface area (Å²) < 4.78 is 5.75. The number of nitrogens with one attached hydrogen (secondary N) is 2. The smallest absolute Gasteiger partial charge is 0.411 e. The molecule has 3 heterocycles. The van der Waals surface area contributed by atoms with Gasteiger partial charge in [-0.05, 0) is 58.5 Å². The molecule has 2 aromatic heterocycles. The zero-order chi connectivity index (χ0) is 26.5. The van der Waals surface area contributed by atoms with Gasteiger partial charge in [0.25, 0.3) is 5.91 Å². The number of carbonyl (C=O) groups is 3. The van der Waals surface area contributed by atoms with Crippen molar-refractivity contribution in [2.75, 3.05) is 5.32 Å². The van der Waals surface area contributed by atoms with Gasteiger partial charge in [0.05, 0.1) is 11.4 Å². The normalized spacial score (nSPS) is 16.7. The predicted molar refractivity (Wildman–Crippen MR) is 145 cm³/mol. The van der Waals surface area contributed by atoms with Crippen molar-refractivity contribution in [2.24, 2.45) is 0 Å². The number of nitrogens with zero attached hydrogens (tertiary/aromatic N) is 2. The topological polar surface area (TPSA) is 101 Å². The lowest BCUT2D eigenvalue weighted by Crippen LogP contribution is -2.46. The molecule has 2 unspecified atom stereocenters. The van der Waals surface area contributed by atoms with Crippen molar-refractivity contribution in [3.63, 3.8) is 0 Å². The Morgan fingerprint density at radius 2 is 1.87 bits per heavy atom. The molecule has 5 rings (SSSR count). The van der Waals surface area contributed by atoms with Crippen LogP contribution in [0.1, 0.15) is 32.5 Å². The molecule has 1 saturated heterocycles. The highest BCUT2D eigenvalue weighted by molar-refractivity contribution is 7.12. The maximum Gasteiger partial charge on any atom is 0.411 e. The first-order valence-corrected chi connectivity index (χ1v) is 13.1. The molecule has 0 saturated carbocycles. The summed E-state index contributed by atoms with van der Waals surface area (Å²) in [4.78, 5) is 45.2. The second-order valence-electron chi connectivity index (χ2n) is 8.64. The average Bonchev–Trinajstić information content (AvgIpc) is 3.57. The van der Waals surface area contributed by atoms with E-state index in [1.165, 1.54) is 16.2 Å². The number of anilines is 1.